The van der Waals surface area contributed by atoms with Gasteiger partial charge >= 0.3 is 0 Å². The van der Waals surface area contributed by atoms with Gasteiger partial charge in [0.25, 0.3) is 0 Å². The summed E-state index contributed by atoms with van der Waals surface area (Å²) in [5, 5.41) is 4.05. The molecule has 0 aromatic heterocycles. The van der Waals surface area contributed by atoms with Gasteiger partial charge in [-0.15, -0.1) is 0 Å². The average molecular weight is 309 g/mol. The Labute approximate surface area is 130 Å². The van der Waals surface area contributed by atoms with Gasteiger partial charge in [-0.05, 0) is 37.1 Å². The summed E-state index contributed by atoms with van der Waals surface area (Å²) in [5.74, 6) is 0.219. The standard InChI is InChI=1S/C16H21ClN2O2/c17-13-6-4-12(5-7-13)15-11-19(9-10-21-15)16(20)14-3-1-2-8-18-14/h4-7,14-15,18H,1-3,8-11H2. The largest absolute Gasteiger partial charge is 0.370 e. The quantitative estimate of drug-likeness (QED) is 0.912. The van der Waals surface area contributed by atoms with Crippen molar-refractivity contribution in [3.05, 3.63) is 34.9 Å². The fraction of sp³-hybridized carbons (Fsp3) is 0.562. The van der Waals surface area contributed by atoms with Crippen molar-refractivity contribution in [2.45, 2.75) is 31.4 Å². The van der Waals surface area contributed by atoms with Crippen LogP contribution in [0.2, 0.25) is 5.02 Å². The molecule has 2 aliphatic heterocycles. The highest BCUT2D eigenvalue weighted by Gasteiger charge is 2.30. The van der Waals surface area contributed by atoms with Crippen LogP contribution in [-0.4, -0.2) is 43.1 Å². The lowest BCUT2D eigenvalue weighted by atomic mass is 10.0. The number of benzene rings is 1. The molecule has 2 atom stereocenters. The van der Waals surface area contributed by atoms with Crippen LogP contribution in [0.4, 0.5) is 0 Å². The number of morpholine rings is 1. The number of rotatable bonds is 2. The molecule has 1 aromatic carbocycles. The smallest absolute Gasteiger partial charge is 0.239 e. The molecule has 0 radical (unpaired) electrons. The van der Waals surface area contributed by atoms with Crippen LogP contribution in [0.1, 0.15) is 30.9 Å². The maximum atomic E-state index is 12.6. The van der Waals surface area contributed by atoms with Gasteiger partial charge in [-0.25, -0.2) is 0 Å². The van der Waals surface area contributed by atoms with Crippen molar-refractivity contribution in [3.63, 3.8) is 0 Å². The van der Waals surface area contributed by atoms with Crippen LogP contribution in [0.3, 0.4) is 0 Å². The van der Waals surface area contributed by atoms with E-state index in [0.29, 0.717) is 24.7 Å². The molecule has 1 amide bonds. The highest BCUT2D eigenvalue weighted by Crippen LogP contribution is 2.24. The number of hydrogen-bond acceptors (Lipinski definition) is 3. The lowest BCUT2D eigenvalue weighted by Crippen LogP contribution is -2.52. The minimum atomic E-state index is -0.0523. The van der Waals surface area contributed by atoms with E-state index < -0.39 is 0 Å². The number of carbonyl (C=O) groups excluding carboxylic acids is 1. The third-order valence-corrected chi connectivity index (χ3v) is 4.48. The first kappa shape index (κ1) is 14.8. The van der Waals surface area contributed by atoms with Crippen molar-refractivity contribution in [1.29, 1.82) is 0 Å². The van der Waals surface area contributed by atoms with Crippen LogP contribution in [0.15, 0.2) is 24.3 Å². The third kappa shape index (κ3) is 3.57. The zero-order valence-corrected chi connectivity index (χ0v) is 12.8. The summed E-state index contributed by atoms with van der Waals surface area (Å²) in [6.45, 7) is 2.84. The summed E-state index contributed by atoms with van der Waals surface area (Å²) in [6.07, 6.45) is 3.19. The second kappa shape index (κ2) is 6.77. The highest BCUT2D eigenvalue weighted by atomic mass is 35.5. The molecule has 2 fully saturated rings. The van der Waals surface area contributed by atoms with Crippen molar-refractivity contribution in [2.24, 2.45) is 0 Å². The van der Waals surface area contributed by atoms with Gasteiger partial charge in [-0.2, -0.15) is 0 Å². The van der Waals surface area contributed by atoms with E-state index in [4.69, 9.17) is 16.3 Å². The van der Waals surface area contributed by atoms with Crippen LogP contribution in [0.25, 0.3) is 0 Å². The fourth-order valence-corrected chi connectivity index (χ4v) is 3.14. The van der Waals surface area contributed by atoms with E-state index in [1.165, 1.54) is 6.42 Å². The molecular formula is C16H21ClN2O2. The SMILES string of the molecule is O=C(C1CCCCN1)N1CCOC(c2ccc(Cl)cc2)C1. The maximum Gasteiger partial charge on any atom is 0.239 e. The summed E-state index contributed by atoms with van der Waals surface area (Å²) < 4.78 is 5.81. The van der Waals surface area contributed by atoms with Crippen LogP contribution < -0.4 is 5.32 Å². The van der Waals surface area contributed by atoms with Crippen LogP contribution in [-0.2, 0) is 9.53 Å². The number of ether oxygens (including phenoxy) is 1. The van der Waals surface area contributed by atoms with Gasteiger partial charge < -0.3 is 15.0 Å². The number of halogens is 1. The molecule has 2 aliphatic rings. The lowest BCUT2D eigenvalue weighted by Gasteiger charge is -2.36. The van der Waals surface area contributed by atoms with E-state index in [1.807, 2.05) is 29.2 Å². The topological polar surface area (TPSA) is 41.6 Å². The van der Waals surface area contributed by atoms with Crippen molar-refractivity contribution in [3.8, 4) is 0 Å². The van der Waals surface area contributed by atoms with E-state index in [1.54, 1.807) is 0 Å². The summed E-state index contributed by atoms with van der Waals surface area (Å²) in [7, 11) is 0. The van der Waals surface area contributed by atoms with Crippen LogP contribution >= 0.6 is 11.6 Å². The van der Waals surface area contributed by atoms with Crippen molar-refractivity contribution in [2.75, 3.05) is 26.2 Å². The molecule has 21 heavy (non-hydrogen) atoms. The molecule has 2 heterocycles. The predicted octanol–water partition coefficient (Wildman–Crippen LogP) is 2.38. The molecule has 0 spiro atoms. The molecular weight excluding hydrogens is 288 g/mol. The van der Waals surface area contributed by atoms with Gasteiger partial charge in [0, 0.05) is 11.6 Å². The second-order valence-electron chi connectivity index (χ2n) is 5.70. The van der Waals surface area contributed by atoms with Crippen molar-refractivity contribution >= 4 is 17.5 Å². The summed E-state index contributed by atoms with van der Waals surface area (Å²) in [5.41, 5.74) is 1.08. The fourth-order valence-electron chi connectivity index (χ4n) is 3.01. The average Bonchev–Trinajstić information content (AvgIpc) is 2.56. The van der Waals surface area contributed by atoms with Gasteiger partial charge in [0.1, 0.15) is 6.10 Å². The first-order valence-corrected chi connectivity index (χ1v) is 8.01. The minimum absolute atomic E-state index is 0.0114. The number of amides is 1. The zero-order valence-electron chi connectivity index (χ0n) is 12.1. The van der Waals surface area contributed by atoms with Crippen molar-refractivity contribution in [1.82, 2.24) is 10.2 Å². The van der Waals surface area contributed by atoms with Crippen molar-refractivity contribution < 1.29 is 9.53 Å². The number of hydrogen-bond donors (Lipinski definition) is 1. The Morgan fingerprint density at radius 2 is 2.10 bits per heavy atom. The van der Waals surface area contributed by atoms with Crippen LogP contribution in [0, 0.1) is 0 Å². The minimum Gasteiger partial charge on any atom is -0.370 e. The summed E-state index contributed by atoms with van der Waals surface area (Å²) in [6, 6.07) is 7.66. The maximum absolute atomic E-state index is 12.6. The Kier molecular flexibility index (Phi) is 4.78. The molecule has 2 saturated heterocycles. The highest BCUT2D eigenvalue weighted by molar-refractivity contribution is 6.30. The molecule has 114 valence electrons. The monoisotopic (exact) mass is 308 g/mol. The molecule has 0 bridgehead atoms. The Morgan fingerprint density at radius 1 is 1.29 bits per heavy atom. The predicted molar refractivity (Wildman–Crippen MR) is 82.4 cm³/mol. The first-order valence-electron chi connectivity index (χ1n) is 7.63. The number of piperidine rings is 1. The van der Waals surface area contributed by atoms with E-state index >= 15 is 0 Å². The molecule has 4 nitrogen and oxygen atoms in total. The number of nitrogens with one attached hydrogen (secondary N) is 1. The van der Waals surface area contributed by atoms with E-state index in [-0.39, 0.29) is 18.1 Å². The Hall–Kier alpha value is -1.10. The van der Waals surface area contributed by atoms with Crippen LogP contribution in [0.5, 0.6) is 0 Å². The third-order valence-electron chi connectivity index (χ3n) is 4.23. The number of nitrogens with zero attached hydrogens (tertiary/aromatic N) is 1. The molecule has 0 aliphatic carbocycles. The van der Waals surface area contributed by atoms with Gasteiger partial charge in [-0.3, -0.25) is 4.79 Å². The first-order chi connectivity index (χ1) is 10.2. The molecule has 2 unspecified atom stereocenters. The summed E-state index contributed by atoms with van der Waals surface area (Å²) in [4.78, 5) is 14.5. The molecule has 1 aromatic rings. The zero-order chi connectivity index (χ0) is 14.7. The van der Waals surface area contributed by atoms with Gasteiger partial charge in [-0.1, -0.05) is 30.2 Å². The molecule has 0 saturated carbocycles. The normalized spacial score (nSPS) is 26.6. The molecule has 5 heteroatoms. The van der Waals surface area contributed by atoms with E-state index in [2.05, 4.69) is 5.32 Å². The summed E-state index contributed by atoms with van der Waals surface area (Å²) >= 11 is 5.92. The van der Waals surface area contributed by atoms with E-state index in [9.17, 15) is 4.79 Å². The molecule has 1 N–H and O–H groups in total. The van der Waals surface area contributed by atoms with Gasteiger partial charge in [0.15, 0.2) is 0 Å². The van der Waals surface area contributed by atoms with Gasteiger partial charge in [0.05, 0.1) is 19.2 Å². The molecule has 3 rings (SSSR count). The Bertz CT molecular complexity index is 486. The van der Waals surface area contributed by atoms with E-state index in [0.717, 1.165) is 24.9 Å². The Morgan fingerprint density at radius 3 is 2.81 bits per heavy atom. The van der Waals surface area contributed by atoms with Gasteiger partial charge in [0.2, 0.25) is 5.91 Å². The number of carbonyl (C=O) groups is 1. The Balaban J connectivity index is 1.64. The second-order valence-corrected chi connectivity index (χ2v) is 6.13. The lowest BCUT2D eigenvalue weighted by molar-refractivity contribution is -0.141.